The molecule has 0 bridgehead atoms. The van der Waals surface area contributed by atoms with Crippen LogP contribution >= 0.6 is 0 Å². The lowest BCUT2D eigenvalue weighted by Crippen LogP contribution is -2.01. The van der Waals surface area contributed by atoms with E-state index in [2.05, 4.69) is 57.2 Å². The molecule has 0 N–H and O–H groups in total. The molecular formula is C54H104. The Morgan fingerprint density at radius 3 is 0.574 bits per heavy atom. The Labute approximate surface area is 344 Å². The fourth-order valence-corrected chi connectivity index (χ4v) is 8.30. The van der Waals surface area contributed by atoms with Gasteiger partial charge >= 0.3 is 0 Å². The van der Waals surface area contributed by atoms with Gasteiger partial charge in [-0.2, -0.15) is 0 Å². The van der Waals surface area contributed by atoms with Crippen LogP contribution in [-0.2, 0) is 0 Å². The van der Waals surface area contributed by atoms with Crippen LogP contribution in [0.4, 0.5) is 0 Å². The van der Waals surface area contributed by atoms with E-state index in [1.807, 2.05) is 0 Å². The standard InChI is InChI=1S/C54H104/c1-4-7-10-13-16-19-22-25-28-31-34-37-40-43-46-49-52-54(51-48-45-42-39-36-33-30-27-24-21-18-15-12-9-6-3)53-50-47-44-41-38-35-32-29-26-23-20-17-14-11-8-5-2/h25-30,54H,4-24,31-53H2,1-3H3/b28-25-,29-26-,30-27-. The van der Waals surface area contributed by atoms with Gasteiger partial charge in [0.2, 0.25) is 0 Å². The van der Waals surface area contributed by atoms with Gasteiger partial charge in [-0.05, 0) is 83.0 Å². The maximum atomic E-state index is 2.48. The predicted octanol–water partition coefficient (Wildman–Crippen LogP) is 20.5. The summed E-state index contributed by atoms with van der Waals surface area (Å²) in [7, 11) is 0. The van der Waals surface area contributed by atoms with E-state index in [1.54, 1.807) is 0 Å². The van der Waals surface area contributed by atoms with Gasteiger partial charge in [-0.1, -0.05) is 263 Å². The summed E-state index contributed by atoms with van der Waals surface area (Å²) in [5, 5.41) is 0. The molecule has 54 heavy (non-hydrogen) atoms. The van der Waals surface area contributed by atoms with Gasteiger partial charge in [0.1, 0.15) is 0 Å². The van der Waals surface area contributed by atoms with E-state index in [4.69, 9.17) is 0 Å². The van der Waals surface area contributed by atoms with E-state index >= 15 is 0 Å². The Kier molecular flexibility index (Phi) is 49.5. The molecule has 320 valence electrons. The summed E-state index contributed by atoms with van der Waals surface area (Å²) in [6.45, 7) is 6.92. The maximum Gasteiger partial charge on any atom is -0.0351 e. The van der Waals surface area contributed by atoms with E-state index < -0.39 is 0 Å². The minimum absolute atomic E-state index is 1.00. The third-order valence-corrected chi connectivity index (χ3v) is 12.1. The Morgan fingerprint density at radius 2 is 0.370 bits per heavy atom. The van der Waals surface area contributed by atoms with Crippen molar-refractivity contribution in [1.29, 1.82) is 0 Å². The fourth-order valence-electron chi connectivity index (χ4n) is 8.30. The Balaban J connectivity index is 4.05. The summed E-state index contributed by atoms with van der Waals surface area (Å²) < 4.78 is 0. The van der Waals surface area contributed by atoms with Gasteiger partial charge in [-0.15, -0.1) is 0 Å². The van der Waals surface area contributed by atoms with Gasteiger partial charge in [-0.25, -0.2) is 0 Å². The van der Waals surface area contributed by atoms with Gasteiger partial charge in [-0.3, -0.25) is 0 Å². The van der Waals surface area contributed by atoms with Crippen LogP contribution < -0.4 is 0 Å². The molecule has 0 fully saturated rings. The minimum Gasteiger partial charge on any atom is -0.0885 e. The first-order valence-corrected chi connectivity index (χ1v) is 25.8. The molecule has 0 amide bonds. The third-order valence-electron chi connectivity index (χ3n) is 12.1. The zero-order valence-corrected chi connectivity index (χ0v) is 38.2. The molecule has 0 aromatic heterocycles. The largest absolute Gasteiger partial charge is 0.0885 e. The molecule has 0 radical (unpaired) electrons. The molecule has 0 aliphatic rings. The first-order valence-electron chi connectivity index (χ1n) is 25.8. The highest BCUT2D eigenvalue weighted by atomic mass is 14.1. The van der Waals surface area contributed by atoms with Crippen LogP contribution in [0.2, 0.25) is 0 Å². The summed E-state index contributed by atoms with van der Waals surface area (Å²) in [6, 6.07) is 0. The van der Waals surface area contributed by atoms with Crippen molar-refractivity contribution in [2.45, 2.75) is 303 Å². The molecule has 0 heterocycles. The lowest BCUT2D eigenvalue weighted by atomic mass is 9.89. The quantitative estimate of drug-likeness (QED) is 0.0429. The lowest BCUT2D eigenvalue weighted by Gasteiger charge is -2.17. The molecular weight excluding hydrogens is 649 g/mol. The van der Waals surface area contributed by atoms with E-state index in [9.17, 15) is 0 Å². The summed E-state index contributed by atoms with van der Waals surface area (Å²) in [5.41, 5.74) is 0. The Hall–Kier alpha value is -0.780. The van der Waals surface area contributed by atoms with E-state index in [0.717, 1.165) is 5.92 Å². The zero-order chi connectivity index (χ0) is 38.9. The predicted molar refractivity (Wildman–Crippen MR) is 251 cm³/mol. The van der Waals surface area contributed by atoms with Crippen molar-refractivity contribution in [3.63, 3.8) is 0 Å². The molecule has 0 heteroatoms. The van der Waals surface area contributed by atoms with Crippen LogP contribution in [-0.4, -0.2) is 0 Å². The highest BCUT2D eigenvalue weighted by Crippen LogP contribution is 2.25. The summed E-state index contributed by atoms with van der Waals surface area (Å²) in [5.74, 6) is 1.00. The average Bonchev–Trinajstić information content (AvgIpc) is 3.18. The molecule has 0 rings (SSSR count). The lowest BCUT2D eigenvalue weighted by molar-refractivity contribution is 0.365. The van der Waals surface area contributed by atoms with Gasteiger partial charge < -0.3 is 0 Å². The summed E-state index contributed by atoms with van der Waals surface area (Å²) in [4.78, 5) is 0. The Bertz CT molecular complexity index is 684. The van der Waals surface area contributed by atoms with Crippen molar-refractivity contribution < 1.29 is 0 Å². The maximum absolute atomic E-state index is 2.48. The molecule has 0 nitrogen and oxygen atoms in total. The van der Waals surface area contributed by atoms with Gasteiger partial charge in [0.15, 0.2) is 0 Å². The minimum atomic E-state index is 1.00. The van der Waals surface area contributed by atoms with Crippen LogP contribution in [0.15, 0.2) is 36.5 Å². The van der Waals surface area contributed by atoms with Crippen molar-refractivity contribution in [2.75, 3.05) is 0 Å². The van der Waals surface area contributed by atoms with Crippen molar-refractivity contribution in [3.05, 3.63) is 36.5 Å². The SMILES string of the molecule is CCCCCCCC/C=C\CCCCCCCCC(CCCCCCC/C=C\CCCCCCCC)CCCCCCCC/C=C\CCCCCCCC. The first-order chi connectivity index (χ1) is 26.8. The van der Waals surface area contributed by atoms with Crippen LogP contribution in [0, 0.1) is 5.92 Å². The second-order valence-electron chi connectivity index (χ2n) is 17.7. The highest BCUT2D eigenvalue weighted by molar-refractivity contribution is 4.82. The van der Waals surface area contributed by atoms with E-state index in [0.29, 0.717) is 0 Å². The van der Waals surface area contributed by atoms with Crippen LogP contribution in [0.3, 0.4) is 0 Å². The summed E-state index contributed by atoms with van der Waals surface area (Å²) in [6.07, 6.45) is 77.4. The van der Waals surface area contributed by atoms with Crippen molar-refractivity contribution in [3.8, 4) is 0 Å². The number of hydrogen-bond acceptors (Lipinski definition) is 0. The molecule has 0 aliphatic carbocycles. The number of allylic oxidation sites excluding steroid dienone is 6. The van der Waals surface area contributed by atoms with Crippen molar-refractivity contribution in [2.24, 2.45) is 5.92 Å². The highest BCUT2D eigenvalue weighted by Gasteiger charge is 2.09. The zero-order valence-electron chi connectivity index (χ0n) is 38.2. The van der Waals surface area contributed by atoms with E-state index in [1.165, 1.54) is 283 Å². The molecule has 0 unspecified atom stereocenters. The molecule has 0 saturated carbocycles. The van der Waals surface area contributed by atoms with Gasteiger partial charge in [0.05, 0.1) is 0 Å². The second kappa shape index (κ2) is 50.2. The first kappa shape index (κ1) is 53.2. The molecule has 0 atom stereocenters. The second-order valence-corrected chi connectivity index (χ2v) is 17.7. The van der Waals surface area contributed by atoms with Crippen LogP contribution in [0.25, 0.3) is 0 Å². The van der Waals surface area contributed by atoms with Crippen molar-refractivity contribution in [1.82, 2.24) is 0 Å². The van der Waals surface area contributed by atoms with Crippen LogP contribution in [0.1, 0.15) is 303 Å². The molecule has 0 spiro atoms. The number of rotatable bonds is 47. The number of hydrogen-bond donors (Lipinski definition) is 0. The van der Waals surface area contributed by atoms with Crippen LogP contribution in [0.5, 0.6) is 0 Å². The third kappa shape index (κ3) is 47.4. The number of unbranched alkanes of at least 4 members (excludes halogenated alkanes) is 35. The van der Waals surface area contributed by atoms with Crippen molar-refractivity contribution >= 4 is 0 Å². The van der Waals surface area contributed by atoms with E-state index in [-0.39, 0.29) is 0 Å². The van der Waals surface area contributed by atoms with Gasteiger partial charge in [0.25, 0.3) is 0 Å². The molecule has 0 saturated heterocycles. The molecule has 0 aliphatic heterocycles. The normalized spacial score (nSPS) is 12.2. The monoisotopic (exact) mass is 753 g/mol. The topological polar surface area (TPSA) is 0 Å². The average molecular weight is 753 g/mol. The summed E-state index contributed by atoms with van der Waals surface area (Å²) >= 11 is 0. The Morgan fingerprint density at radius 1 is 0.204 bits per heavy atom. The smallest absolute Gasteiger partial charge is 0.0351 e. The van der Waals surface area contributed by atoms with Gasteiger partial charge in [0, 0.05) is 0 Å². The molecule has 0 aromatic rings. The molecule has 0 aromatic carbocycles. The fraction of sp³-hybridized carbons (Fsp3) is 0.889.